The van der Waals surface area contributed by atoms with Crippen LogP contribution in [-0.2, 0) is 0 Å². The number of hydrogen-bond acceptors (Lipinski definition) is 5. The van der Waals surface area contributed by atoms with Gasteiger partial charge >= 0.3 is 0 Å². The van der Waals surface area contributed by atoms with Crippen molar-refractivity contribution in [3.05, 3.63) is 71.4 Å². The first-order valence-electron chi connectivity index (χ1n) is 8.06. The fraction of sp³-hybridized carbons (Fsp3) is 0.100. The summed E-state index contributed by atoms with van der Waals surface area (Å²) in [5.41, 5.74) is 2.17. The molecule has 27 heavy (non-hydrogen) atoms. The minimum absolute atomic E-state index is 0.297. The molecule has 0 saturated heterocycles. The number of ether oxygens (including phenoxy) is 2. The zero-order chi connectivity index (χ0) is 19.4. The summed E-state index contributed by atoms with van der Waals surface area (Å²) in [7, 11) is 3.08. The monoisotopic (exact) mass is 383 g/mol. The van der Waals surface area contributed by atoms with E-state index < -0.39 is 5.91 Å². The van der Waals surface area contributed by atoms with Crippen LogP contribution in [-0.4, -0.2) is 25.1 Å². The molecule has 7 heteroatoms. The molecule has 0 aliphatic carbocycles. The highest BCUT2D eigenvalue weighted by Crippen LogP contribution is 2.26. The minimum atomic E-state index is -0.451. The molecule has 1 amide bonds. The maximum atomic E-state index is 12.7. The van der Waals surface area contributed by atoms with E-state index >= 15 is 0 Å². The van der Waals surface area contributed by atoms with E-state index in [0.29, 0.717) is 22.2 Å². The molecule has 0 aliphatic heterocycles. The molecule has 3 aromatic rings. The van der Waals surface area contributed by atoms with Crippen LogP contribution in [0.4, 0.5) is 5.82 Å². The van der Waals surface area contributed by atoms with E-state index in [1.54, 1.807) is 37.6 Å². The van der Waals surface area contributed by atoms with Crippen LogP contribution in [0.5, 0.6) is 11.5 Å². The van der Waals surface area contributed by atoms with Gasteiger partial charge in [-0.2, -0.15) is 0 Å². The summed E-state index contributed by atoms with van der Waals surface area (Å²) in [5, 5.41) is 1.44. The predicted octanol–water partition coefficient (Wildman–Crippen LogP) is 3.94. The number of pyridine rings is 1. The number of carbonyl (C=O) groups is 1. The van der Waals surface area contributed by atoms with Crippen molar-refractivity contribution in [1.82, 2.24) is 4.98 Å². The zero-order valence-electron chi connectivity index (χ0n) is 14.8. The van der Waals surface area contributed by atoms with Gasteiger partial charge in [0.1, 0.15) is 17.3 Å². The molecule has 0 unspecified atom stereocenters. The summed E-state index contributed by atoms with van der Waals surface area (Å²) in [6.45, 7) is 0. The highest BCUT2D eigenvalue weighted by atomic mass is 35.5. The van der Waals surface area contributed by atoms with Crippen molar-refractivity contribution in [1.29, 1.82) is 0 Å². The van der Waals surface area contributed by atoms with Crippen LogP contribution < -0.4 is 20.3 Å². The molecule has 1 aromatic heterocycles. The van der Waals surface area contributed by atoms with Crippen molar-refractivity contribution < 1.29 is 14.3 Å². The van der Waals surface area contributed by atoms with E-state index in [1.807, 2.05) is 30.3 Å². The van der Waals surface area contributed by atoms with Crippen molar-refractivity contribution in [3.63, 3.8) is 0 Å². The van der Waals surface area contributed by atoms with Crippen LogP contribution in [0.15, 0.2) is 60.8 Å². The number of carbonyl (C=O) groups excluding carboxylic acids is 1. The van der Waals surface area contributed by atoms with Crippen molar-refractivity contribution in [2.75, 3.05) is 19.2 Å². The summed E-state index contributed by atoms with van der Waals surface area (Å²) in [6.07, 6.45) is 1.66. The Labute approximate surface area is 162 Å². The van der Waals surface area contributed by atoms with Gasteiger partial charge in [0.25, 0.3) is 5.91 Å². The second-order valence-electron chi connectivity index (χ2n) is 5.65. The normalized spacial score (nSPS) is 10.4. The number of amides is 1. The largest absolute Gasteiger partial charge is 0.497 e. The second-order valence-corrected chi connectivity index (χ2v) is 6.09. The Balaban J connectivity index is 1.82. The van der Waals surface area contributed by atoms with Crippen molar-refractivity contribution in [2.45, 2.75) is 0 Å². The van der Waals surface area contributed by atoms with Crippen LogP contribution in [0.2, 0.25) is 5.02 Å². The molecule has 0 radical (unpaired) electrons. The van der Waals surface area contributed by atoms with E-state index in [0.717, 1.165) is 21.9 Å². The Morgan fingerprint density at radius 1 is 1.00 bits per heavy atom. The summed E-state index contributed by atoms with van der Waals surface area (Å²) in [6, 6.07) is 15.8. The van der Waals surface area contributed by atoms with Crippen LogP contribution in [0.3, 0.4) is 0 Å². The first-order valence-corrected chi connectivity index (χ1v) is 8.44. The van der Waals surface area contributed by atoms with Gasteiger partial charge in [0, 0.05) is 16.8 Å². The van der Waals surface area contributed by atoms with Gasteiger partial charge in [-0.25, -0.2) is 15.8 Å². The molecule has 0 aliphatic rings. The van der Waals surface area contributed by atoms with E-state index in [4.69, 9.17) is 26.9 Å². The third-order valence-corrected chi connectivity index (χ3v) is 4.27. The van der Waals surface area contributed by atoms with Crippen LogP contribution in [0.25, 0.3) is 11.1 Å². The van der Waals surface area contributed by atoms with Gasteiger partial charge in [-0.1, -0.05) is 23.7 Å². The molecular weight excluding hydrogens is 366 g/mol. The number of rotatable bonds is 5. The number of aromatic nitrogens is 1. The van der Waals surface area contributed by atoms with Gasteiger partial charge in [-0.3, -0.25) is 4.79 Å². The van der Waals surface area contributed by atoms with Crippen LogP contribution in [0, 0.1) is 0 Å². The molecule has 2 N–H and O–H groups in total. The lowest BCUT2D eigenvalue weighted by atomic mass is 10.1. The third-order valence-electron chi connectivity index (χ3n) is 4.03. The molecular formula is C20H18ClN3O3. The molecule has 0 fully saturated rings. The summed E-state index contributed by atoms with van der Waals surface area (Å²) in [5.74, 6) is 6.96. The number of benzene rings is 2. The van der Waals surface area contributed by atoms with E-state index in [9.17, 15) is 4.79 Å². The van der Waals surface area contributed by atoms with E-state index in [1.165, 1.54) is 7.11 Å². The highest BCUT2D eigenvalue weighted by Gasteiger charge is 2.20. The number of nitrogens with two attached hydrogens (primary N) is 1. The molecule has 0 atom stereocenters. The molecule has 0 spiro atoms. The average Bonchev–Trinajstić information content (AvgIpc) is 2.72. The Morgan fingerprint density at radius 2 is 1.70 bits per heavy atom. The van der Waals surface area contributed by atoms with Crippen LogP contribution >= 0.6 is 11.6 Å². The fourth-order valence-electron chi connectivity index (χ4n) is 2.56. The Morgan fingerprint density at radius 3 is 2.30 bits per heavy atom. The number of hydrazine groups is 1. The molecule has 1 heterocycles. The van der Waals surface area contributed by atoms with Gasteiger partial charge < -0.3 is 9.47 Å². The van der Waals surface area contributed by atoms with E-state index in [2.05, 4.69) is 4.98 Å². The van der Waals surface area contributed by atoms with Gasteiger partial charge in [0.05, 0.1) is 19.8 Å². The number of anilines is 1. The smallest absolute Gasteiger partial charge is 0.277 e. The first-order chi connectivity index (χ1) is 13.0. The summed E-state index contributed by atoms with van der Waals surface area (Å²) < 4.78 is 10.4. The Hall–Kier alpha value is -3.09. The van der Waals surface area contributed by atoms with Crippen molar-refractivity contribution in [3.8, 4) is 22.6 Å². The highest BCUT2D eigenvalue weighted by molar-refractivity contribution is 6.31. The van der Waals surface area contributed by atoms with Crippen LogP contribution in [0.1, 0.15) is 10.4 Å². The molecule has 3 rings (SSSR count). The number of methoxy groups -OCH3 is 2. The number of hydrogen-bond donors (Lipinski definition) is 1. The van der Waals surface area contributed by atoms with Gasteiger partial charge in [-0.15, -0.1) is 0 Å². The summed E-state index contributed by atoms with van der Waals surface area (Å²) in [4.78, 5) is 17.0. The van der Waals surface area contributed by atoms with Gasteiger partial charge in [-0.05, 0) is 48.0 Å². The lowest BCUT2D eigenvalue weighted by Gasteiger charge is -2.17. The lowest BCUT2D eigenvalue weighted by molar-refractivity contribution is 0.0983. The van der Waals surface area contributed by atoms with Crippen molar-refractivity contribution in [2.24, 2.45) is 5.84 Å². The molecule has 0 bridgehead atoms. The number of nitrogens with zero attached hydrogens (tertiary/aromatic N) is 2. The zero-order valence-corrected chi connectivity index (χ0v) is 15.6. The maximum absolute atomic E-state index is 12.7. The topological polar surface area (TPSA) is 77.7 Å². The Bertz CT molecular complexity index is 944. The SMILES string of the molecule is COc1ccc(-c2ccc(N(N)C(=O)c3ccc(Cl)cc3OC)nc2)cc1. The predicted molar refractivity (Wildman–Crippen MR) is 105 cm³/mol. The third kappa shape index (κ3) is 4.02. The number of halogens is 1. The molecule has 2 aromatic carbocycles. The standard InChI is InChI=1S/C20H18ClN3O3/c1-26-16-7-3-13(4-8-16)14-5-10-19(23-12-14)24(22)20(25)17-9-6-15(21)11-18(17)27-2/h3-12H,22H2,1-2H3. The van der Waals surface area contributed by atoms with Gasteiger partial charge in [0.2, 0.25) is 0 Å². The van der Waals surface area contributed by atoms with Crippen molar-refractivity contribution >= 4 is 23.3 Å². The van der Waals surface area contributed by atoms with Gasteiger partial charge in [0.15, 0.2) is 0 Å². The Kier molecular flexibility index (Phi) is 5.59. The first kappa shape index (κ1) is 18.7. The molecule has 6 nitrogen and oxygen atoms in total. The fourth-order valence-corrected chi connectivity index (χ4v) is 2.72. The molecule has 0 saturated carbocycles. The maximum Gasteiger partial charge on any atom is 0.277 e. The molecule has 138 valence electrons. The second kappa shape index (κ2) is 8.07. The average molecular weight is 384 g/mol. The quantitative estimate of drug-likeness (QED) is 0.410. The van der Waals surface area contributed by atoms with E-state index in [-0.39, 0.29) is 0 Å². The minimum Gasteiger partial charge on any atom is -0.497 e. The lowest BCUT2D eigenvalue weighted by Crippen LogP contribution is -2.38. The summed E-state index contributed by atoms with van der Waals surface area (Å²) >= 11 is 5.94.